The van der Waals surface area contributed by atoms with Gasteiger partial charge in [-0.2, -0.15) is 4.31 Å². The van der Waals surface area contributed by atoms with Crippen LogP contribution in [0.3, 0.4) is 0 Å². The molecule has 1 aromatic rings. The van der Waals surface area contributed by atoms with Crippen LogP contribution in [0.25, 0.3) is 0 Å². The zero-order chi connectivity index (χ0) is 18.0. The molecule has 0 radical (unpaired) electrons. The standard InChI is InChI=1S/C17H27N3O3S.ClH/c1-13-6-4-5-11-20(13)24(22,23)15-9-7-14(8-10-15)16(21)19-12-17(2,3)18;/h7-10,13H,4-6,11-12,18H2,1-3H3,(H,19,21);1H. The zero-order valence-corrected chi connectivity index (χ0v) is 16.6. The average molecular weight is 390 g/mol. The molecule has 1 unspecified atom stereocenters. The summed E-state index contributed by atoms with van der Waals surface area (Å²) >= 11 is 0. The molecule has 0 saturated carbocycles. The molecule has 142 valence electrons. The lowest BCUT2D eigenvalue weighted by atomic mass is 10.1. The Morgan fingerprint density at radius 2 is 1.88 bits per heavy atom. The summed E-state index contributed by atoms with van der Waals surface area (Å²) in [6.45, 7) is 6.48. The van der Waals surface area contributed by atoms with Gasteiger partial charge in [0.1, 0.15) is 0 Å². The van der Waals surface area contributed by atoms with E-state index >= 15 is 0 Å². The van der Waals surface area contributed by atoms with Gasteiger partial charge in [-0.05, 0) is 57.9 Å². The highest BCUT2D eigenvalue weighted by Crippen LogP contribution is 2.25. The van der Waals surface area contributed by atoms with Crippen LogP contribution < -0.4 is 11.1 Å². The van der Waals surface area contributed by atoms with Gasteiger partial charge in [-0.1, -0.05) is 6.42 Å². The molecule has 2 rings (SSSR count). The first kappa shape index (κ1) is 21.9. The molecule has 0 aliphatic carbocycles. The number of piperidine rings is 1. The molecule has 8 heteroatoms. The third-order valence-electron chi connectivity index (χ3n) is 4.17. The second kappa shape index (κ2) is 8.49. The van der Waals surface area contributed by atoms with Crippen LogP contribution in [0.1, 0.15) is 50.4 Å². The topological polar surface area (TPSA) is 92.5 Å². The van der Waals surface area contributed by atoms with Crippen molar-refractivity contribution in [1.29, 1.82) is 0 Å². The number of nitrogens with two attached hydrogens (primary N) is 1. The maximum Gasteiger partial charge on any atom is 0.251 e. The van der Waals surface area contributed by atoms with Crippen molar-refractivity contribution in [3.05, 3.63) is 29.8 Å². The van der Waals surface area contributed by atoms with E-state index in [-0.39, 0.29) is 29.3 Å². The van der Waals surface area contributed by atoms with Crippen molar-refractivity contribution in [1.82, 2.24) is 9.62 Å². The van der Waals surface area contributed by atoms with Crippen LogP contribution in [0, 0.1) is 0 Å². The van der Waals surface area contributed by atoms with Gasteiger partial charge in [-0.3, -0.25) is 4.79 Å². The molecule has 25 heavy (non-hydrogen) atoms. The molecule has 1 atom stereocenters. The Morgan fingerprint density at radius 3 is 2.40 bits per heavy atom. The first-order valence-electron chi connectivity index (χ1n) is 8.30. The number of amides is 1. The van der Waals surface area contributed by atoms with E-state index in [1.54, 1.807) is 16.4 Å². The molecule has 1 aliphatic rings. The summed E-state index contributed by atoms with van der Waals surface area (Å²) in [5.74, 6) is -0.260. The van der Waals surface area contributed by atoms with Crippen molar-refractivity contribution in [2.24, 2.45) is 5.73 Å². The van der Waals surface area contributed by atoms with Gasteiger partial charge in [0.15, 0.2) is 0 Å². The van der Waals surface area contributed by atoms with Crippen LogP contribution in [-0.2, 0) is 10.0 Å². The molecule has 0 spiro atoms. The lowest BCUT2D eigenvalue weighted by Crippen LogP contribution is -2.45. The number of nitrogens with one attached hydrogen (secondary N) is 1. The second-order valence-corrected chi connectivity index (χ2v) is 9.05. The largest absolute Gasteiger partial charge is 0.350 e. The lowest BCUT2D eigenvalue weighted by molar-refractivity contribution is 0.0946. The van der Waals surface area contributed by atoms with Crippen LogP contribution in [0.5, 0.6) is 0 Å². The summed E-state index contributed by atoms with van der Waals surface area (Å²) in [5, 5.41) is 2.74. The third kappa shape index (κ3) is 5.67. The van der Waals surface area contributed by atoms with Gasteiger partial charge >= 0.3 is 0 Å². The van der Waals surface area contributed by atoms with Gasteiger partial charge in [-0.15, -0.1) is 12.4 Å². The second-order valence-electron chi connectivity index (χ2n) is 7.16. The maximum absolute atomic E-state index is 12.7. The zero-order valence-electron chi connectivity index (χ0n) is 15.0. The summed E-state index contributed by atoms with van der Waals surface area (Å²) < 4.78 is 27.0. The Bertz CT molecular complexity index is 684. The van der Waals surface area contributed by atoms with Gasteiger partial charge in [0.2, 0.25) is 10.0 Å². The molecule has 1 aromatic carbocycles. The van der Waals surface area contributed by atoms with Crippen molar-refractivity contribution in [2.75, 3.05) is 13.1 Å². The van der Waals surface area contributed by atoms with Crippen LogP contribution in [-0.4, -0.2) is 43.3 Å². The van der Waals surface area contributed by atoms with E-state index in [0.717, 1.165) is 19.3 Å². The molecule has 1 heterocycles. The van der Waals surface area contributed by atoms with Crippen LogP contribution in [0.15, 0.2) is 29.2 Å². The number of sulfonamides is 1. The van der Waals surface area contributed by atoms with E-state index in [2.05, 4.69) is 5.32 Å². The number of nitrogens with zero attached hydrogens (tertiary/aromatic N) is 1. The number of carbonyl (C=O) groups is 1. The number of hydrogen-bond donors (Lipinski definition) is 2. The molecule has 1 saturated heterocycles. The van der Waals surface area contributed by atoms with Crippen molar-refractivity contribution >= 4 is 28.3 Å². The van der Waals surface area contributed by atoms with Crippen LogP contribution >= 0.6 is 12.4 Å². The fraction of sp³-hybridized carbons (Fsp3) is 0.588. The van der Waals surface area contributed by atoms with Gasteiger partial charge in [0.25, 0.3) is 5.91 Å². The Kier molecular flexibility index (Phi) is 7.43. The molecule has 1 aliphatic heterocycles. The summed E-state index contributed by atoms with van der Waals surface area (Å²) in [6, 6.07) is 6.09. The van der Waals surface area contributed by atoms with Gasteiger partial charge in [0.05, 0.1) is 4.90 Å². The Morgan fingerprint density at radius 1 is 1.28 bits per heavy atom. The van der Waals surface area contributed by atoms with Crippen LogP contribution in [0.4, 0.5) is 0 Å². The van der Waals surface area contributed by atoms with E-state index in [1.165, 1.54) is 12.1 Å². The van der Waals surface area contributed by atoms with E-state index in [9.17, 15) is 13.2 Å². The number of benzene rings is 1. The molecule has 1 amide bonds. The smallest absolute Gasteiger partial charge is 0.251 e. The Balaban J connectivity index is 0.00000312. The minimum atomic E-state index is -3.51. The molecule has 0 bridgehead atoms. The highest BCUT2D eigenvalue weighted by atomic mass is 35.5. The minimum Gasteiger partial charge on any atom is -0.350 e. The fourth-order valence-electron chi connectivity index (χ4n) is 2.75. The van der Waals surface area contributed by atoms with Crippen molar-refractivity contribution in [2.45, 2.75) is 56.5 Å². The average Bonchev–Trinajstić information content (AvgIpc) is 2.52. The molecule has 0 aromatic heterocycles. The summed E-state index contributed by atoms with van der Waals surface area (Å²) in [6.07, 6.45) is 2.83. The first-order chi connectivity index (χ1) is 11.1. The predicted octanol–water partition coefficient (Wildman–Crippen LogP) is 2.14. The molecule has 1 fully saturated rings. The summed E-state index contributed by atoms with van der Waals surface area (Å²) in [4.78, 5) is 12.3. The Hall–Kier alpha value is -1.15. The highest BCUT2D eigenvalue weighted by Gasteiger charge is 2.30. The summed E-state index contributed by atoms with van der Waals surface area (Å²) in [5.41, 5.74) is 5.76. The normalized spacial score (nSPS) is 19.1. The van der Waals surface area contributed by atoms with E-state index < -0.39 is 15.6 Å². The monoisotopic (exact) mass is 389 g/mol. The van der Waals surface area contributed by atoms with Gasteiger partial charge in [-0.25, -0.2) is 8.42 Å². The first-order valence-corrected chi connectivity index (χ1v) is 9.74. The molecule has 6 nitrogen and oxygen atoms in total. The number of hydrogen-bond acceptors (Lipinski definition) is 4. The third-order valence-corrected chi connectivity index (χ3v) is 6.20. The van der Waals surface area contributed by atoms with E-state index in [0.29, 0.717) is 18.7 Å². The van der Waals surface area contributed by atoms with Crippen molar-refractivity contribution in [3.8, 4) is 0 Å². The highest BCUT2D eigenvalue weighted by molar-refractivity contribution is 7.89. The molecular weight excluding hydrogens is 362 g/mol. The van der Waals surface area contributed by atoms with E-state index in [4.69, 9.17) is 5.73 Å². The van der Waals surface area contributed by atoms with Crippen molar-refractivity contribution < 1.29 is 13.2 Å². The summed E-state index contributed by atoms with van der Waals surface area (Å²) in [7, 11) is -3.51. The molecule has 3 N–H and O–H groups in total. The quantitative estimate of drug-likeness (QED) is 0.806. The van der Waals surface area contributed by atoms with Crippen LogP contribution in [0.2, 0.25) is 0 Å². The lowest BCUT2D eigenvalue weighted by Gasteiger charge is -2.32. The SMILES string of the molecule is CC1CCCCN1S(=O)(=O)c1ccc(C(=O)NCC(C)(C)N)cc1.Cl. The predicted molar refractivity (Wildman–Crippen MR) is 101 cm³/mol. The van der Waals surface area contributed by atoms with Gasteiger partial charge < -0.3 is 11.1 Å². The maximum atomic E-state index is 12.7. The van der Waals surface area contributed by atoms with Gasteiger partial charge in [0, 0.05) is 30.2 Å². The molecular formula is C17H28ClN3O3S. The number of carbonyl (C=O) groups excluding carboxylic acids is 1. The van der Waals surface area contributed by atoms with Crippen molar-refractivity contribution in [3.63, 3.8) is 0 Å². The number of halogens is 1. The number of rotatable bonds is 5. The minimum absolute atomic E-state index is 0. The van der Waals surface area contributed by atoms with E-state index in [1.807, 2.05) is 20.8 Å². The fourth-order valence-corrected chi connectivity index (χ4v) is 4.45. The Labute approximate surface area is 156 Å².